The minimum atomic E-state index is 0.0827. The summed E-state index contributed by atoms with van der Waals surface area (Å²) in [7, 11) is 0. The maximum Gasteiger partial charge on any atom is 0.298 e. The first-order valence-corrected chi connectivity index (χ1v) is 5.34. The smallest absolute Gasteiger partial charge is 0.298 e. The molecule has 0 unspecified atom stereocenters. The van der Waals surface area contributed by atoms with Crippen LogP contribution in [0, 0.1) is 0 Å². The molecule has 0 saturated carbocycles. The maximum absolute atomic E-state index is 9.78. The first-order valence-electron chi connectivity index (χ1n) is 4.96. The third-order valence-electron chi connectivity index (χ3n) is 1.85. The number of aromatic hydroxyl groups is 2. The standard InChI is InChI=1S/C7H6O3.C6H5ClO/c8-5-10-7-3-1-2-6(9)4-7;7-5-3-1-2-4-6(5)8/h1-5,9H;1-4,8H. The van der Waals surface area contributed by atoms with Gasteiger partial charge in [-0.3, -0.25) is 4.79 Å². The fraction of sp³-hybridized carbons (Fsp3) is 0. The second-order valence-electron chi connectivity index (χ2n) is 3.16. The van der Waals surface area contributed by atoms with Crippen molar-refractivity contribution in [3.63, 3.8) is 0 Å². The molecule has 0 saturated heterocycles. The van der Waals surface area contributed by atoms with E-state index in [1.807, 2.05) is 0 Å². The number of phenols is 2. The van der Waals surface area contributed by atoms with Gasteiger partial charge in [-0.15, -0.1) is 0 Å². The number of hydrogen-bond acceptors (Lipinski definition) is 4. The Balaban J connectivity index is 0.000000184. The van der Waals surface area contributed by atoms with Crippen LogP contribution in [0.5, 0.6) is 17.2 Å². The van der Waals surface area contributed by atoms with Crippen LogP contribution in [0.25, 0.3) is 0 Å². The molecular weight excluding hydrogens is 256 g/mol. The fourth-order valence-corrected chi connectivity index (χ4v) is 1.20. The van der Waals surface area contributed by atoms with E-state index < -0.39 is 0 Å². The summed E-state index contributed by atoms with van der Waals surface area (Å²) in [5.41, 5.74) is 0. The van der Waals surface area contributed by atoms with Gasteiger partial charge in [0.15, 0.2) is 0 Å². The Bertz CT molecular complexity index is 493. The quantitative estimate of drug-likeness (QED) is 0.820. The Kier molecular flexibility index (Phi) is 5.54. The SMILES string of the molecule is O=COc1cccc(O)c1.Oc1ccccc1Cl. The number of halogens is 1. The normalized spacial score (nSPS) is 8.94. The van der Waals surface area contributed by atoms with Crippen LogP contribution < -0.4 is 4.74 Å². The average Bonchev–Trinajstić information content (AvgIpc) is 2.34. The zero-order chi connectivity index (χ0) is 13.4. The number of phenolic OH excluding ortho intramolecular Hbond substituents is 2. The lowest BCUT2D eigenvalue weighted by Gasteiger charge is -1.95. The van der Waals surface area contributed by atoms with E-state index in [9.17, 15) is 4.79 Å². The van der Waals surface area contributed by atoms with Crippen molar-refractivity contribution < 1.29 is 19.7 Å². The number of para-hydroxylation sites is 1. The third kappa shape index (κ3) is 4.76. The van der Waals surface area contributed by atoms with E-state index in [1.54, 1.807) is 36.4 Å². The fourth-order valence-electron chi connectivity index (χ4n) is 1.06. The van der Waals surface area contributed by atoms with E-state index in [1.165, 1.54) is 12.1 Å². The highest BCUT2D eigenvalue weighted by Gasteiger charge is 1.91. The molecule has 2 rings (SSSR count). The van der Waals surface area contributed by atoms with Crippen LogP contribution in [0.3, 0.4) is 0 Å². The molecule has 0 aromatic heterocycles. The summed E-state index contributed by atoms with van der Waals surface area (Å²) in [6, 6.07) is 12.7. The van der Waals surface area contributed by atoms with E-state index in [-0.39, 0.29) is 11.5 Å². The summed E-state index contributed by atoms with van der Waals surface area (Å²) in [4.78, 5) is 9.78. The number of rotatable bonds is 2. The summed E-state index contributed by atoms with van der Waals surface area (Å²) in [5, 5.41) is 18.0. The van der Waals surface area contributed by atoms with Gasteiger partial charge >= 0.3 is 0 Å². The van der Waals surface area contributed by atoms with Gasteiger partial charge < -0.3 is 14.9 Å². The van der Waals surface area contributed by atoms with Gasteiger partial charge in [0.1, 0.15) is 17.2 Å². The summed E-state index contributed by atoms with van der Waals surface area (Å²) in [5.74, 6) is 0.559. The van der Waals surface area contributed by atoms with Crippen molar-refractivity contribution in [1.29, 1.82) is 0 Å². The maximum atomic E-state index is 9.78. The molecule has 0 fully saturated rings. The average molecular weight is 267 g/mol. The van der Waals surface area contributed by atoms with Gasteiger partial charge in [-0.05, 0) is 24.3 Å². The molecule has 0 amide bonds. The van der Waals surface area contributed by atoms with Crippen LogP contribution in [0.2, 0.25) is 5.02 Å². The molecule has 0 heterocycles. The first-order chi connectivity index (χ1) is 8.63. The minimum absolute atomic E-state index is 0.0827. The monoisotopic (exact) mass is 266 g/mol. The minimum Gasteiger partial charge on any atom is -0.508 e. The Morgan fingerprint density at radius 1 is 1.06 bits per heavy atom. The Morgan fingerprint density at radius 2 is 1.78 bits per heavy atom. The van der Waals surface area contributed by atoms with E-state index >= 15 is 0 Å². The molecule has 94 valence electrons. The van der Waals surface area contributed by atoms with Gasteiger partial charge in [-0.1, -0.05) is 29.8 Å². The van der Waals surface area contributed by atoms with Crippen LogP contribution >= 0.6 is 11.6 Å². The predicted octanol–water partition coefficient (Wildman–Crippen LogP) is 2.97. The molecule has 0 aliphatic heterocycles. The zero-order valence-electron chi connectivity index (χ0n) is 9.29. The number of carbonyl (C=O) groups is 1. The molecule has 0 aliphatic rings. The number of benzene rings is 2. The van der Waals surface area contributed by atoms with Crippen molar-refractivity contribution in [3.05, 3.63) is 53.6 Å². The summed E-state index contributed by atoms with van der Waals surface area (Å²) in [6.45, 7) is 0.314. The highest BCUT2D eigenvalue weighted by Crippen LogP contribution is 2.20. The van der Waals surface area contributed by atoms with Crippen molar-refractivity contribution >= 4 is 18.1 Å². The van der Waals surface area contributed by atoms with Crippen LogP contribution in [0.4, 0.5) is 0 Å². The molecule has 0 bridgehead atoms. The van der Waals surface area contributed by atoms with Crippen molar-refractivity contribution in [2.75, 3.05) is 0 Å². The Morgan fingerprint density at radius 3 is 2.28 bits per heavy atom. The van der Waals surface area contributed by atoms with Crippen LogP contribution in [-0.4, -0.2) is 16.7 Å². The highest BCUT2D eigenvalue weighted by molar-refractivity contribution is 6.31. The molecule has 0 spiro atoms. The summed E-state index contributed by atoms with van der Waals surface area (Å²) >= 11 is 5.46. The molecule has 4 nitrogen and oxygen atoms in total. The molecule has 0 aliphatic carbocycles. The van der Waals surface area contributed by atoms with Crippen molar-refractivity contribution in [2.45, 2.75) is 0 Å². The molecule has 5 heteroatoms. The van der Waals surface area contributed by atoms with E-state index in [0.717, 1.165) is 0 Å². The van der Waals surface area contributed by atoms with Crippen LogP contribution in [-0.2, 0) is 4.79 Å². The second kappa shape index (κ2) is 7.19. The molecule has 18 heavy (non-hydrogen) atoms. The molecule has 2 aromatic carbocycles. The third-order valence-corrected chi connectivity index (χ3v) is 2.17. The molecular formula is C13H11ClO4. The number of carbonyl (C=O) groups excluding carboxylic acids is 1. The predicted molar refractivity (Wildman–Crippen MR) is 67.9 cm³/mol. The zero-order valence-corrected chi connectivity index (χ0v) is 10.0. The lowest BCUT2D eigenvalue weighted by molar-refractivity contribution is -0.120. The van der Waals surface area contributed by atoms with Gasteiger partial charge in [-0.25, -0.2) is 0 Å². The lowest BCUT2D eigenvalue weighted by atomic mass is 10.3. The van der Waals surface area contributed by atoms with E-state index in [4.69, 9.17) is 21.8 Å². The first kappa shape index (κ1) is 13.9. The number of hydrogen-bond donors (Lipinski definition) is 2. The van der Waals surface area contributed by atoms with Gasteiger partial charge in [0.05, 0.1) is 5.02 Å². The van der Waals surface area contributed by atoms with E-state index in [0.29, 0.717) is 17.2 Å². The largest absolute Gasteiger partial charge is 0.508 e. The summed E-state index contributed by atoms with van der Waals surface area (Å²) in [6.07, 6.45) is 0. The molecule has 2 N–H and O–H groups in total. The van der Waals surface area contributed by atoms with Gasteiger partial charge in [0.2, 0.25) is 0 Å². The molecule has 0 atom stereocenters. The van der Waals surface area contributed by atoms with Crippen molar-refractivity contribution in [1.82, 2.24) is 0 Å². The Hall–Kier alpha value is -2.20. The van der Waals surface area contributed by atoms with Gasteiger partial charge in [-0.2, -0.15) is 0 Å². The van der Waals surface area contributed by atoms with Crippen molar-refractivity contribution in [3.8, 4) is 17.2 Å². The highest BCUT2D eigenvalue weighted by atomic mass is 35.5. The second-order valence-corrected chi connectivity index (χ2v) is 3.57. The van der Waals surface area contributed by atoms with Gasteiger partial charge in [0.25, 0.3) is 6.47 Å². The van der Waals surface area contributed by atoms with Gasteiger partial charge in [0, 0.05) is 6.07 Å². The Labute approximate surface area is 109 Å². The topological polar surface area (TPSA) is 66.8 Å². The molecule has 2 aromatic rings. The van der Waals surface area contributed by atoms with Crippen LogP contribution in [0.1, 0.15) is 0 Å². The summed E-state index contributed by atoms with van der Waals surface area (Å²) < 4.78 is 4.45. The lowest BCUT2D eigenvalue weighted by Crippen LogP contribution is -1.86. The van der Waals surface area contributed by atoms with E-state index in [2.05, 4.69) is 4.74 Å². The van der Waals surface area contributed by atoms with Crippen molar-refractivity contribution in [2.24, 2.45) is 0 Å². The van der Waals surface area contributed by atoms with Crippen LogP contribution in [0.15, 0.2) is 48.5 Å². The molecule has 0 radical (unpaired) electrons. The number of ether oxygens (including phenoxy) is 1.